The Hall–Kier alpha value is -0.630. The van der Waals surface area contributed by atoms with Crippen molar-refractivity contribution in [3.8, 4) is 0 Å². The highest BCUT2D eigenvalue weighted by Gasteiger charge is 2.59. The van der Waals surface area contributed by atoms with Crippen molar-refractivity contribution in [2.24, 2.45) is 34.8 Å². The molecule has 6 unspecified atom stereocenters. The van der Waals surface area contributed by atoms with Crippen molar-refractivity contribution in [3.05, 3.63) is 12.2 Å². The van der Waals surface area contributed by atoms with Crippen molar-refractivity contribution >= 4 is 5.78 Å². The average molecular weight is 287 g/mol. The van der Waals surface area contributed by atoms with Gasteiger partial charge < -0.3 is 5.73 Å². The Kier molecular flexibility index (Phi) is 2.96. The van der Waals surface area contributed by atoms with E-state index < -0.39 is 0 Å². The molecule has 0 aromatic carbocycles. The van der Waals surface area contributed by atoms with E-state index in [2.05, 4.69) is 13.5 Å². The number of ketones is 1. The van der Waals surface area contributed by atoms with Crippen LogP contribution in [0.2, 0.25) is 0 Å². The first-order chi connectivity index (χ1) is 9.95. The molecule has 2 heteroatoms. The van der Waals surface area contributed by atoms with Gasteiger partial charge in [-0.2, -0.15) is 0 Å². The van der Waals surface area contributed by atoms with Crippen LogP contribution in [0, 0.1) is 29.1 Å². The topological polar surface area (TPSA) is 43.1 Å². The van der Waals surface area contributed by atoms with Crippen molar-refractivity contribution in [2.75, 3.05) is 0 Å². The van der Waals surface area contributed by atoms with Crippen LogP contribution in [0.25, 0.3) is 0 Å². The fourth-order valence-corrected chi connectivity index (χ4v) is 6.64. The number of rotatable bonds is 0. The van der Waals surface area contributed by atoms with E-state index in [-0.39, 0.29) is 5.54 Å². The van der Waals surface area contributed by atoms with E-state index in [1.54, 1.807) is 0 Å². The van der Waals surface area contributed by atoms with Gasteiger partial charge in [0.25, 0.3) is 0 Å². The lowest BCUT2D eigenvalue weighted by molar-refractivity contribution is -0.128. The Morgan fingerprint density at radius 2 is 1.90 bits per heavy atom. The van der Waals surface area contributed by atoms with Crippen molar-refractivity contribution in [1.82, 2.24) is 0 Å². The minimum Gasteiger partial charge on any atom is -0.325 e. The Labute approximate surface area is 128 Å². The molecular formula is C19H29NO. The number of carbonyl (C=O) groups excluding carboxylic acids is 1. The zero-order valence-electron chi connectivity index (χ0n) is 13.4. The molecule has 4 aliphatic carbocycles. The van der Waals surface area contributed by atoms with Crippen LogP contribution in [0.5, 0.6) is 0 Å². The Morgan fingerprint density at radius 1 is 1.10 bits per heavy atom. The van der Waals surface area contributed by atoms with E-state index in [4.69, 9.17) is 5.73 Å². The highest BCUT2D eigenvalue weighted by Crippen LogP contribution is 2.63. The van der Waals surface area contributed by atoms with Crippen LogP contribution in [-0.2, 0) is 4.79 Å². The SMILES string of the molecule is C=C1CCC2C3CCC4CC(=O)CCC4(N)C3CCC12C. The fourth-order valence-electron chi connectivity index (χ4n) is 6.64. The zero-order chi connectivity index (χ0) is 14.8. The zero-order valence-corrected chi connectivity index (χ0v) is 13.4. The van der Waals surface area contributed by atoms with Crippen molar-refractivity contribution in [3.63, 3.8) is 0 Å². The summed E-state index contributed by atoms with van der Waals surface area (Å²) >= 11 is 0. The second-order valence-electron chi connectivity index (χ2n) is 8.60. The number of carbonyl (C=O) groups is 1. The van der Waals surface area contributed by atoms with Gasteiger partial charge in [0.1, 0.15) is 5.78 Å². The van der Waals surface area contributed by atoms with Gasteiger partial charge in [0.05, 0.1) is 0 Å². The number of fused-ring (bicyclic) bond motifs is 5. The number of hydrogen-bond donors (Lipinski definition) is 1. The molecule has 0 amide bonds. The molecule has 0 aliphatic heterocycles. The van der Waals surface area contributed by atoms with Crippen LogP contribution in [0.4, 0.5) is 0 Å². The molecule has 2 nitrogen and oxygen atoms in total. The van der Waals surface area contributed by atoms with Gasteiger partial charge in [0.2, 0.25) is 0 Å². The largest absolute Gasteiger partial charge is 0.325 e. The normalized spacial score (nSPS) is 53.0. The summed E-state index contributed by atoms with van der Waals surface area (Å²) < 4.78 is 0. The molecule has 2 N–H and O–H groups in total. The van der Waals surface area contributed by atoms with Crippen LogP contribution in [0.1, 0.15) is 64.7 Å². The van der Waals surface area contributed by atoms with E-state index >= 15 is 0 Å². The Balaban J connectivity index is 1.65. The van der Waals surface area contributed by atoms with Gasteiger partial charge in [0, 0.05) is 18.4 Å². The molecule has 4 aliphatic rings. The van der Waals surface area contributed by atoms with Crippen LogP contribution in [-0.4, -0.2) is 11.3 Å². The number of nitrogens with two attached hydrogens (primary N) is 1. The predicted molar refractivity (Wildman–Crippen MR) is 84.7 cm³/mol. The average Bonchev–Trinajstić information content (AvgIpc) is 2.76. The molecular weight excluding hydrogens is 258 g/mol. The molecule has 4 rings (SSSR count). The first-order valence-corrected chi connectivity index (χ1v) is 8.94. The maximum Gasteiger partial charge on any atom is 0.133 e. The first kappa shape index (κ1) is 14.0. The van der Waals surface area contributed by atoms with Gasteiger partial charge in [0.15, 0.2) is 0 Å². The molecule has 0 bridgehead atoms. The van der Waals surface area contributed by atoms with Crippen LogP contribution in [0.15, 0.2) is 12.2 Å². The van der Waals surface area contributed by atoms with E-state index in [1.807, 2.05) is 0 Å². The Morgan fingerprint density at radius 3 is 2.71 bits per heavy atom. The molecule has 0 aromatic heterocycles. The van der Waals surface area contributed by atoms with E-state index in [0.717, 1.165) is 31.1 Å². The van der Waals surface area contributed by atoms with Gasteiger partial charge in [-0.15, -0.1) is 0 Å². The van der Waals surface area contributed by atoms with Gasteiger partial charge >= 0.3 is 0 Å². The first-order valence-electron chi connectivity index (χ1n) is 8.94. The van der Waals surface area contributed by atoms with Crippen LogP contribution in [0.3, 0.4) is 0 Å². The number of hydrogen-bond acceptors (Lipinski definition) is 2. The maximum atomic E-state index is 11.8. The summed E-state index contributed by atoms with van der Waals surface area (Å²) in [7, 11) is 0. The van der Waals surface area contributed by atoms with Gasteiger partial charge in [-0.1, -0.05) is 19.1 Å². The highest BCUT2D eigenvalue weighted by atomic mass is 16.1. The highest BCUT2D eigenvalue weighted by molar-refractivity contribution is 5.80. The summed E-state index contributed by atoms with van der Waals surface area (Å²) in [4.78, 5) is 11.8. The van der Waals surface area contributed by atoms with Crippen LogP contribution >= 0.6 is 0 Å². The molecule has 0 heterocycles. The molecule has 0 radical (unpaired) electrons. The molecule has 0 aromatic rings. The van der Waals surface area contributed by atoms with Gasteiger partial charge in [-0.25, -0.2) is 0 Å². The molecule has 0 spiro atoms. The minimum absolute atomic E-state index is 0.0396. The molecule has 4 fully saturated rings. The molecule has 0 saturated heterocycles. The maximum absolute atomic E-state index is 11.8. The quantitative estimate of drug-likeness (QED) is 0.688. The second-order valence-corrected chi connectivity index (χ2v) is 8.60. The summed E-state index contributed by atoms with van der Waals surface area (Å²) in [5.41, 5.74) is 8.81. The lowest BCUT2D eigenvalue weighted by atomic mass is 9.48. The standard InChI is InChI=1S/C19H29NO/c1-12-3-6-16-15-5-4-13-11-14(21)7-10-19(13,20)17(15)8-9-18(12,16)2/h13,15-17H,1,3-11,20H2,2H3. The Bertz CT molecular complexity index is 498. The lowest BCUT2D eigenvalue weighted by Gasteiger charge is -2.59. The summed E-state index contributed by atoms with van der Waals surface area (Å²) in [6.45, 7) is 6.84. The summed E-state index contributed by atoms with van der Waals surface area (Å²) in [6, 6.07) is 0. The van der Waals surface area contributed by atoms with Crippen molar-refractivity contribution < 1.29 is 4.79 Å². The molecule has 116 valence electrons. The third-order valence-electron chi connectivity index (χ3n) is 8.00. The lowest BCUT2D eigenvalue weighted by Crippen LogP contribution is -2.63. The predicted octanol–water partition coefficient (Wildman–Crippen LogP) is 3.85. The minimum atomic E-state index is -0.0396. The van der Waals surface area contributed by atoms with Gasteiger partial charge in [-0.3, -0.25) is 4.79 Å². The fraction of sp³-hybridized carbons (Fsp3) is 0.842. The van der Waals surface area contributed by atoms with E-state index in [0.29, 0.717) is 23.0 Å². The van der Waals surface area contributed by atoms with Crippen molar-refractivity contribution in [1.29, 1.82) is 0 Å². The summed E-state index contributed by atoms with van der Waals surface area (Å²) in [5.74, 6) is 3.18. The van der Waals surface area contributed by atoms with Crippen molar-refractivity contribution in [2.45, 2.75) is 70.3 Å². The summed E-state index contributed by atoms with van der Waals surface area (Å²) in [5, 5.41) is 0. The smallest absolute Gasteiger partial charge is 0.133 e. The second kappa shape index (κ2) is 4.44. The monoisotopic (exact) mass is 287 g/mol. The molecule has 21 heavy (non-hydrogen) atoms. The third kappa shape index (κ3) is 1.78. The van der Waals surface area contributed by atoms with E-state index in [1.165, 1.54) is 44.1 Å². The number of allylic oxidation sites excluding steroid dienone is 1. The van der Waals surface area contributed by atoms with Gasteiger partial charge in [-0.05, 0) is 74.0 Å². The number of Topliss-reactive ketones (excluding diaryl/α,β-unsaturated/α-hetero) is 1. The van der Waals surface area contributed by atoms with Crippen LogP contribution < -0.4 is 5.73 Å². The van der Waals surface area contributed by atoms with E-state index in [9.17, 15) is 4.79 Å². The molecule has 6 atom stereocenters. The third-order valence-corrected chi connectivity index (χ3v) is 8.00. The summed E-state index contributed by atoms with van der Waals surface area (Å²) in [6.07, 6.45) is 10.0. The molecule has 4 saturated carbocycles.